The van der Waals surface area contributed by atoms with Crippen LogP contribution in [0.3, 0.4) is 0 Å². The van der Waals surface area contributed by atoms with Crippen molar-refractivity contribution in [1.82, 2.24) is 0 Å². The van der Waals surface area contributed by atoms with Gasteiger partial charge >= 0.3 is 5.97 Å². The van der Waals surface area contributed by atoms with Gasteiger partial charge < -0.3 is 9.84 Å². The lowest BCUT2D eigenvalue weighted by Gasteiger charge is -2.03. The van der Waals surface area contributed by atoms with E-state index in [0.717, 1.165) is 12.8 Å². The number of aliphatic hydroxyl groups excluding tert-OH is 1. The van der Waals surface area contributed by atoms with Crippen LogP contribution in [0.2, 0.25) is 0 Å². The number of rotatable bonds is 18. The molecule has 3 heteroatoms. The lowest BCUT2D eigenvalue weighted by atomic mass is 10.1. The number of carbonyl (C=O) groups excluding carboxylic acids is 1. The Hall–Kier alpha value is -1.71. The van der Waals surface area contributed by atoms with Crippen LogP contribution in [0.1, 0.15) is 117 Å². The van der Waals surface area contributed by atoms with E-state index in [1.54, 1.807) is 0 Å². The number of aliphatic hydroxyl groups is 1. The van der Waals surface area contributed by atoms with Gasteiger partial charge in [0.05, 0.1) is 0 Å². The van der Waals surface area contributed by atoms with Crippen molar-refractivity contribution >= 4 is 5.97 Å². The van der Waals surface area contributed by atoms with Gasteiger partial charge in [-0.15, -0.1) is 0 Å². The van der Waals surface area contributed by atoms with E-state index in [2.05, 4.69) is 47.5 Å². The highest BCUT2D eigenvalue weighted by Crippen LogP contribution is 2.11. The molecule has 0 saturated heterocycles. The van der Waals surface area contributed by atoms with E-state index in [4.69, 9.17) is 0 Å². The molecule has 0 rings (SSSR count). The van der Waals surface area contributed by atoms with Crippen molar-refractivity contribution in [3.05, 3.63) is 12.2 Å². The largest absolute Gasteiger partial charge is 0.453 e. The van der Waals surface area contributed by atoms with Crippen LogP contribution in [0.4, 0.5) is 0 Å². The maximum Gasteiger partial charge on any atom is 0.303 e. The Morgan fingerprint density at radius 1 is 0.833 bits per heavy atom. The van der Waals surface area contributed by atoms with Crippen LogP contribution in [-0.2, 0) is 9.53 Å². The van der Waals surface area contributed by atoms with Gasteiger partial charge in [-0.3, -0.25) is 4.79 Å². The monoisotopic (exact) mass is 416 g/mol. The second kappa shape index (κ2) is 23.6. The molecule has 3 nitrogen and oxygen atoms in total. The molecule has 0 unspecified atom stereocenters. The van der Waals surface area contributed by atoms with Gasteiger partial charge in [-0.25, -0.2) is 0 Å². The Balaban J connectivity index is 3.36. The van der Waals surface area contributed by atoms with Crippen molar-refractivity contribution in [2.45, 2.75) is 123 Å². The van der Waals surface area contributed by atoms with Gasteiger partial charge in [0.2, 0.25) is 0 Å². The quantitative estimate of drug-likeness (QED) is 0.117. The molecule has 0 aliphatic carbocycles. The molecule has 0 heterocycles. The van der Waals surface area contributed by atoms with Crippen molar-refractivity contribution in [2.75, 3.05) is 6.61 Å². The molecule has 1 atom stereocenters. The van der Waals surface area contributed by atoms with Crippen LogP contribution in [-0.4, -0.2) is 23.8 Å². The van der Waals surface area contributed by atoms with Crippen LogP contribution in [0, 0.1) is 23.7 Å². The van der Waals surface area contributed by atoms with Gasteiger partial charge in [0.15, 0.2) is 6.61 Å². The highest BCUT2D eigenvalue weighted by molar-refractivity contribution is 5.66. The van der Waals surface area contributed by atoms with Crippen LogP contribution < -0.4 is 0 Å². The summed E-state index contributed by atoms with van der Waals surface area (Å²) in [6, 6.07) is 0. The third kappa shape index (κ3) is 24.3. The molecule has 0 spiro atoms. The first kappa shape index (κ1) is 28.3. The number of carbonyl (C=O) groups is 1. The van der Waals surface area contributed by atoms with Gasteiger partial charge in [-0.1, -0.05) is 89.2 Å². The van der Waals surface area contributed by atoms with Gasteiger partial charge in [-0.2, -0.15) is 0 Å². The van der Waals surface area contributed by atoms with Crippen molar-refractivity contribution in [3.63, 3.8) is 0 Å². The smallest absolute Gasteiger partial charge is 0.303 e. The maximum atomic E-state index is 10.6. The summed E-state index contributed by atoms with van der Waals surface area (Å²) in [6.45, 7) is 3.66. The summed E-state index contributed by atoms with van der Waals surface area (Å²) in [6.07, 6.45) is 24.2. The summed E-state index contributed by atoms with van der Waals surface area (Å²) in [5, 5.41) is 9.79. The van der Waals surface area contributed by atoms with Gasteiger partial charge in [0, 0.05) is 6.92 Å². The van der Waals surface area contributed by atoms with Crippen molar-refractivity contribution < 1.29 is 14.6 Å². The summed E-state index contributed by atoms with van der Waals surface area (Å²) >= 11 is 0. The molecule has 0 radical (unpaired) electrons. The summed E-state index contributed by atoms with van der Waals surface area (Å²) < 4.78 is 4.67. The lowest BCUT2D eigenvalue weighted by molar-refractivity contribution is -0.139. The van der Waals surface area contributed by atoms with Gasteiger partial charge in [-0.05, 0) is 56.3 Å². The second-order valence-corrected chi connectivity index (χ2v) is 7.95. The molecule has 0 aromatic rings. The van der Waals surface area contributed by atoms with E-state index in [1.807, 2.05) is 0 Å². The van der Waals surface area contributed by atoms with Gasteiger partial charge in [0.1, 0.15) is 6.10 Å². The minimum absolute atomic E-state index is 0.0512. The molecule has 0 bridgehead atoms. The molecular formula is C27H44O3. The fourth-order valence-corrected chi connectivity index (χ4v) is 3.17. The highest BCUT2D eigenvalue weighted by atomic mass is 16.5. The van der Waals surface area contributed by atoms with Crippen molar-refractivity contribution in [2.24, 2.45) is 0 Å². The second-order valence-electron chi connectivity index (χ2n) is 7.95. The van der Waals surface area contributed by atoms with Crippen molar-refractivity contribution in [1.29, 1.82) is 0 Å². The molecule has 0 aromatic carbocycles. The van der Waals surface area contributed by atoms with Crippen LogP contribution >= 0.6 is 0 Å². The number of hydrogen-bond donors (Lipinski definition) is 1. The van der Waals surface area contributed by atoms with Gasteiger partial charge in [0.25, 0.3) is 0 Å². The van der Waals surface area contributed by atoms with Crippen LogP contribution in [0.25, 0.3) is 0 Å². The van der Waals surface area contributed by atoms with E-state index in [-0.39, 0.29) is 12.6 Å². The molecule has 0 aromatic heterocycles. The topological polar surface area (TPSA) is 46.5 Å². The first-order chi connectivity index (χ1) is 14.7. The van der Waals surface area contributed by atoms with Crippen molar-refractivity contribution in [3.8, 4) is 23.7 Å². The Bertz CT molecular complexity index is 542. The zero-order valence-corrected chi connectivity index (χ0v) is 19.5. The fourth-order valence-electron chi connectivity index (χ4n) is 3.17. The normalized spacial score (nSPS) is 11.4. The first-order valence-corrected chi connectivity index (χ1v) is 12.1. The Kier molecular flexibility index (Phi) is 22.2. The molecule has 0 saturated carbocycles. The first-order valence-electron chi connectivity index (χ1n) is 12.1. The molecule has 30 heavy (non-hydrogen) atoms. The number of allylic oxidation sites excluding steroid dienone is 2. The summed E-state index contributed by atoms with van der Waals surface area (Å²) in [5.41, 5.74) is 0. The minimum atomic E-state index is -0.615. The number of unbranched alkanes of at least 4 members (excludes halogenated alkanes) is 13. The predicted octanol–water partition coefficient (Wildman–Crippen LogP) is 6.73. The average Bonchev–Trinajstić information content (AvgIpc) is 2.72. The predicted molar refractivity (Wildman–Crippen MR) is 127 cm³/mol. The third-order valence-corrected chi connectivity index (χ3v) is 4.98. The SMILES string of the molecule is CCCCCCCC/C=C\CCCCCCCCC[C@@H](O)C#CC#CCOC(C)=O. The Morgan fingerprint density at radius 3 is 1.93 bits per heavy atom. The zero-order valence-electron chi connectivity index (χ0n) is 19.5. The summed E-state index contributed by atoms with van der Waals surface area (Å²) in [5.74, 6) is 10.2. The Labute approximate surface area is 186 Å². The lowest BCUT2D eigenvalue weighted by Crippen LogP contribution is -2.02. The molecule has 0 amide bonds. The highest BCUT2D eigenvalue weighted by Gasteiger charge is 1.98. The molecular weight excluding hydrogens is 372 g/mol. The molecule has 1 N–H and O–H groups in total. The fraction of sp³-hybridized carbons (Fsp3) is 0.741. The standard InChI is InChI=1S/C27H44O3/c1-3-4-5-6-7-8-9-10-11-12-13-14-15-16-17-18-20-23-27(29)24-21-19-22-25-30-26(2)28/h10-11,27,29H,3-9,12-18,20,23,25H2,1-2H3/b11-10-/t27-/m1/s1. The minimum Gasteiger partial charge on any atom is -0.453 e. The Morgan fingerprint density at radius 2 is 1.37 bits per heavy atom. The summed E-state index contributed by atoms with van der Waals surface area (Å²) in [7, 11) is 0. The molecule has 0 aliphatic rings. The van der Waals surface area contributed by atoms with E-state index in [1.165, 1.54) is 90.4 Å². The van der Waals surface area contributed by atoms with E-state index in [9.17, 15) is 9.90 Å². The van der Waals surface area contributed by atoms with E-state index >= 15 is 0 Å². The number of esters is 1. The molecule has 170 valence electrons. The van der Waals surface area contributed by atoms with E-state index in [0.29, 0.717) is 6.42 Å². The molecule has 0 fully saturated rings. The summed E-state index contributed by atoms with van der Waals surface area (Å²) in [4.78, 5) is 10.6. The average molecular weight is 417 g/mol. The number of ether oxygens (including phenoxy) is 1. The maximum absolute atomic E-state index is 10.6. The third-order valence-electron chi connectivity index (χ3n) is 4.98. The van der Waals surface area contributed by atoms with E-state index < -0.39 is 6.10 Å². The molecule has 0 aliphatic heterocycles. The van der Waals surface area contributed by atoms with Crippen LogP contribution in [0.15, 0.2) is 12.2 Å². The van der Waals surface area contributed by atoms with Crippen LogP contribution in [0.5, 0.6) is 0 Å². The zero-order chi connectivity index (χ0) is 22.1. The number of hydrogen-bond acceptors (Lipinski definition) is 3.